The van der Waals surface area contributed by atoms with Gasteiger partial charge in [0.15, 0.2) is 0 Å². The van der Waals surface area contributed by atoms with Gasteiger partial charge in [-0.3, -0.25) is 4.79 Å². The zero-order valence-corrected chi connectivity index (χ0v) is 9.65. The van der Waals surface area contributed by atoms with Crippen LogP contribution in [0.25, 0.3) is 0 Å². The summed E-state index contributed by atoms with van der Waals surface area (Å²) in [5.74, 6) is 0.137. The topological polar surface area (TPSA) is 50.4 Å². The van der Waals surface area contributed by atoms with Crippen molar-refractivity contribution in [2.45, 2.75) is 37.8 Å². The Balaban J connectivity index is 0.00000112. The van der Waals surface area contributed by atoms with Gasteiger partial charge >= 0.3 is 0 Å². The van der Waals surface area contributed by atoms with E-state index in [0.717, 1.165) is 38.8 Å². The number of rotatable bonds is 3. The lowest BCUT2D eigenvalue weighted by atomic mass is 10.2. The van der Waals surface area contributed by atoms with Gasteiger partial charge in [0.1, 0.15) is 0 Å². The molecule has 0 aromatic rings. The molecule has 2 aliphatic rings. The van der Waals surface area contributed by atoms with E-state index < -0.39 is 0 Å². The second kappa shape index (κ2) is 6.30. The summed E-state index contributed by atoms with van der Waals surface area (Å²) in [6, 6.07) is 0.0383. The van der Waals surface area contributed by atoms with Crippen molar-refractivity contribution in [3.63, 3.8) is 0 Å². The van der Waals surface area contributed by atoms with Crippen molar-refractivity contribution >= 4 is 18.3 Å². The first-order valence-electron chi connectivity index (χ1n) is 5.49. The third kappa shape index (κ3) is 3.63. The van der Waals surface area contributed by atoms with Crippen LogP contribution in [0.2, 0.25) is 0 Å². The highest BCUT2D eigenvalue weighted by Gasteiger charge is 2.23. The van der Waals surface area contributed by atoms with Crippen LogP contribution >= 0.6 is 12.4 Å². The average Bonchev–Trinajstić information content (AvgIpc) is 2.87. The molecule has 2 fully saturated rings. The van der Waals surface area contributed by atoms with Gasteiger partial charge in [-0.1, -0.05) is 0 Å². The van der Waals surface area contributed by atoms with Crippen molar-refractivity contribution in [1.82, 2.24) is 10.6 Å². The molecule has 0 aliphatic carbocycles. The van der Waals surface area contributed by atoms with Gasteiger partial charge in [-0.15, -0.1) is 12.4 Å². The summed E-state index contributed by atoms with van der Waals surface area (Å²) in [6.07, 6.45) is 4.54. The smallest absolute Gasteiger partial charge is 0.237 e. The highest BCUT2D eigenvalue weighted by atomic mass is 35.5. The molecule has 2 heterocycles. The average molecular weight is 235 g/mol. The van der Waals surface area contributed by atoms with Crippen molar-refractivity contribution in [2.24, 2.45) is 0 Å². The molecular formula is C10H19ClN2O2. The first-order chi connectivity index (χ1) is 6.86. The molecule has 4 nitrogen and oxygen atoms in total. The van der Waals surface area contributed by atoms with Gasteiger partial charge in [-0.2, -0.15) is 0 Å². The van der Waals surface area contributed by atoms with Crippen LogP contribution in [0, 0.1) is 0 Å². The van der Waals surface area contributed by atoms with Gasteiger partial charge in [0.2, 0.25) is 5.91 Å². The van der Waals surface area contributed by atoms with Crippen LogP contribution in [-0.4, -0.2) is 37.7 Å². The summed E-state index contributed by atoms with van der Waals surface area (Å²) in [7, 11) is 0. The molecule has 0 saturated carbocycles. The number of amides is 1. The minimum Gasteiger partial charge on any atom is -0.376 e. The standard InChI is InChI=1S/C10H18N2O2.ClH/c13-10(9-4-1-5-11-9)12-7-8-3-2-6-14-8;/h8-9,11H,1-7H2,(H,12,13);1H. The fourth-order valence-corrected chi connectivity index (χ4v) is 2.05. The molecule has 0 radical (unpaired) electrons. The minimum atomic E-state index is 0. The van der Waals surface area contributed by atoms with E-state index in [4.69, 9.17) is 4.74 Å². The Hall–Kier alpha value is -0.320. The van der Waals surface area contributed by atoms with E-state index in [1.165, 1.54) is 0 Å². The van der Waals surface area contributed by atoms with Gasteiger partial charge in [0.25, 0.3) is 0 Å². The van der Waals surface area contributed by atoms with E-state index in [2.05, 4.69) is 10.6 Å². The number of carbonyl (C=O) groups is 1. The maximum Gasteiger partial charge on any atom is 0.237 e. The Morgan fingerprint density at radius 3 is 2.87 bits per heavy atom. The zero-order chi connectivity index (χ0) is 9.80. The number of nitrogens with one attached hydrogen (secondary N) is 2. The first kappa shape index (κ1) is 12.7. The van der Waals surface area contributed by atoms with Crippen molar-refractivity contribution in [3.05, 3.63) is 0 Å². The monoisotopic (exact) mass is 234 g/mol. The van der Waals surface area contributed by atoms with Crippen molar-refractivity contribution in [3.8, 4) is 0 Å². The van der Waals surface area contributed by atoms with Crippen LogP contribution in [0.4, 0.5) is 0 Å². The van der Waals surface area contributed by atoms with Gasteiger partial charge in [0.05, 0.1) is 12.1 Å². The molecule has 2 unspecified atom stereocenters. The van der Waals surface area contributed by atoms with Crippen LogP contribution in [0.15, 0.2) is 0 Å². The summed E-state index contributed by atoms with van der Waals surface area (Å²) in [5.41, 5.74) is 0. The molecule has 2 N–H and O–H groups in total. The minimum absolute atomic E-state index is 0. The highest BCUT2D eigenvalue weighted by Crippen LogP contribution is 2.11. The summed E-state index contributed by atoms with van der Waals surface area (Å²) < 4.78 is 5.43. The predicted octanol–water partition coefficient (Wildman–Crippen LogP) is 0.455. The lowest BCUT2D eigenvalue weighted by molar-refractivity contribution is -0.123. The molecule has 0 spiro atoms. The summed E-state index contributed by atoms with van der Waals surface area (Å²) in [4.78, 5) is 11.6. The third-order valence-electron chi connectivity index (χ3n) is 2.90. The Morgan fingerprint density at radius 1 is 1.40 bits per heavy atom. The fraction of sp³-hybridized carbons (Fsp3) is 0.900. The molecule has 2 rings (SSSR count). The van der Waals surface area contributed by atoms with Gasteiger partial charge in [-0.25, -0.2) is 0 Å². The zero-order valence-electron chi connectivity index (χ0n) is 8.83. The van der Waals surface area contributed by atoms with E-state index in [1.54, 1.807) is 0 Å². The molecule has 0 aromatic heterocycles. The van der Waals surface area contributed by atoms with Crippen molar-refractivity contribution < 1.29 is 9.53 Å². The quantitative estimate of drug-likeness (QED) is 0.746. The maximum atomic E-state index is 11.6. The summed E-state index contributed by atoms with van der Waals surface area (Å²) >= 11 is 0. The van der Waals surface area contributed by atoms with Crippen LogP contribution in [0.5, 0.6) is 0 Å². The number of hydrogen-bond donors (Lipinski definition) is 2. The first-order valence-corrected chi connectivity index (χ1v) is 5.49. The fourth-order valence-electron chi connectivity index (χ4n) is 2.05. The van der Waals surface area contributed by atoms with Crippen LogP contribution in [0.3, 0.4) is 0 Å². The largest absolute Gasteiger partial charge is 0.376 e. The molecule has 5 heteroatoms. The number of halogens is 1. The Labute approximate surface area is 96.5 Å². The second-order valence-electron chi connectivity index (χ2n) is 4.03. The van der Waals surface area contributed by atoms with Crippen molar-refractivity contribution in [2.75, 3.05) is 19.7 Å². The lowest BCUT2D eigenvalue weighted by Crippen LogP contribution is -2.43. The van der Waals surface area contributed by atoms with E-state index in [-0.39, 0.29) is 30.5 Å². The molecule has 0 bridgehead atoms. The number of ether oxygens (including phenoxy) is 1. The highest BCUT2D eigenvalue weighted by molar-refractivity contribution is 5.85. The molecule has 2 atom stereocenters. The normalized spacial score (nSPS) is 29.9. The molecule has 2 aliphatic heterocycles. The summed E-state index contributed by atoms with van der Waals surface area (Å²) in [5, 5.41) is 6.12. The van der Waals surface area contributed by atoms with Crippen LogP contribution in [-0.2, 0) is 9.53 Å². The molecular weight excluding hydrogens is 216 g/mol. The SMILES string of the molecule is Cl.O=C(NCC1CCCO1)C1CCCN1. The van der Waals surface area contributed by atoms with Crippen molar-refractivity contribution in [1.29, 1.82) is 0 Å². The van der Waals surface area contributed by atoms with E-state index in [9.17, 15) is 4.79 Å². The second-order valence-corrected chi connectivity index (χ2v) is 4.03. The summed E-state index contributed by atoms with van der Waals surface area (Å²) in [6.45, 7) is 2.50. The van der Waals surface area contributed by atoms with E-state index in [0.29, 0.717) is 6.54 Å². The molecule has 2 saturated heterocycles. The molecule has 15 heavy (non-hydrogen) atoms. The third-order valence-corrected chi connectivity index (χ3v) is 2.90. The molecule has 1 amide bonds. The van der Waals surface area contributed by atoms with Crippen LogP contribution < -0.4 is 10.6 Å². The molecule has 88 valence electrons. The Kier molecular flexibility index (Phi) is 5.36. The Morgan fingerprint density at radius 2 is 2.27 bits per heavy atom. The van der Waals surface area contributed by atoms with Gasteiger partial charge < -0.3 is 15.4 Å². The van der Waals surface area contributed by atoms with Gasteiger partial charge in [-0.05, 0) is 32.2 Å². The van der Waals surface area contributed by atoms with Gasteiger partial charge in [0, 0.05) is 13.2 Å². The number of carbonyl (C=O) groups excluding carboxylic acids is 1. The van der Waals surface area contributed by atoms with E-state index in [1.807, 2.05) is 0 Å². The lowest BCUT2D eigenvalue weighted by Gasteiger charge is -2.14. The Bertz CT molecular complexity index is 202. The van der Waals surface area contributed by atoms with Crippen LogP contribution in [0.1, 0.15) is 25.7 Å². The maximum absolute atomic E-state index is 11.6. The number of hydrogen-bond acceptors (Lipinski definition) is 3. The van der Waals surface area contributed by atoms with E-state index >= 15 is 0 Å². The molecule has 0 aromatic carbocycles. The predicted molar refractivity (Wildman–Crippen MR) is 60.3 cm³/mol.